The Labute approximate surface area is 116 Å². The SMILES string of the molecule is CCCCc1ccc(CC(=O)NCCCCO)cc1. The van der Waals surface area contributed by atoms with Gasteiger partial charge in [0.05, 0.1) is 6.42 Å². The largest absolute Gasteiger partial charge is 0.396 e. The van der Waals surface area contributed by atoms with Gasteiger partial charge in [0, 0.05) is 13.2 Å². The lowest BCUT2D eigenvalue weighted by Crippen LogP contribution is -2.26. The molecule has 19 heavy (non-hydrogen) atoms. The molecule has 0 saturated carbocycles. The molecule has 0 bridgehead atoms. The van der Waals surface area contributed by atoms with Gasteiger partial charge in [-0.3, -0.25) is 4.79 Å². The van der Waals surface area contributed by atoms with E-state index in [2.05, 4.69) is 24.4 Å². The van der Waals surface area contributed by atoms with Crippen molar-refractivity contribution in [1.29, 1.82) is 0 Å². The molecule has 0 atom stereocenters. The fraction of sp³-hybridized carbons (Fsp3) is 0.562. The van der Waals surface area contributed by atoms with Crippen LogP contribution in [0.4, 0.5) is 0 Å². The monoisotopic (exact) mass is 263 g/mol. The van der Waals surface area contributed by atoms with Crippen LogP contribution >= 0.6 is 0 Å². The molecule has 1 aromatic rings. The summed E-state index contributed by atoms with van der Waals surface area (Å²) in [6, 6.07) is 8.31. The summed E-state index contributed by atoms with van der Waals surface area (Å²) >= 11 is 0. The Kier molecular flexibility index (Phi) is 7.91. The number of unbranched alkanes of at least 4 members (excludes halogenated alkanes) is 2. The summed E-state index contributed by atoms with van der Waals surface area (Å²) in [6.07, 6.45) is 5.55. The molecule has 0 aliphatic heterocycles. The molecule has 0 heterocycles. The highest BCUT2D eigenvalue weighted by Crippen LogP contribution is 2.08. The Morgan fingerprint density at radius 2 is 1.79 bits per heavy atom. The molecule has 0 aromatic heterocycles. The molecule has 0 aliphatic rings. The number of nitrogens with one attached hydrogen (secondary N) is 1. The van der Waals surface area contributed by atoms with E-state index >= 15 is 0 Å². The second-order valence-corrected chi connectivity index (χ2v) is 4.88. The summed E-state index contributed by atoms with van der Waals surface area (Å²) in [5, 5.41) is 11.5. The number of carbonyl (C=O) groups excluding carboxylic acids is 1. The van der Waals surface area contributed by atoms with Crippen molar-refractivity contribution in [3.05, 3.63) is 35.4 Å². The fourth-order valence-corrected chi connectivity index (χ4v) is 1.92. The van der Waals surface area contributed by atoms with Gasteiger partial charge in [-0.25, -0.2) is 0 Å². The first-order valence-electron chi connectivity index (χ1n) is 7.21. The van der Waals surface area contributed by atoms with Crippen molar-refractivity contribution in [1.82, 2.24) is 5.32 Å². The predicted molar refractivity (Wildman–Crippen MR) is 78.1 cm³/mol. The fourth-order valence-electron chi connectivity index (χ4n) is 1.92. The standard InChI is InChI=1S/C16H25NO2/c1-2-3-6-14-7-9-15(10-8-14)13-16(19)17-11-4-5-12-18/h7-10,18H,2-6,11-13H2,1H3,(H,17,19). The maximum absolute atomic E-state index is 11.7. The highest BCUT2D eigenvalue weighted by Gasteiger charge is 2.02. The van der Waals surface area contributed by atoms with E-state index in [9.17, 15) is 4.79 Å². The van der Waals surface area contributed by atoms with Gasteiger partial charge in [0.2, 0.25) is 5.91 Å². The van der Waals surface area contributed by atoms with Gasteiger partial charge in [0.1, 0.15) is 0 Å². The number of rotatable bonds is 9. The molecule has 3 heteroatoms. The quantitative estimate of drug-likeness (QED) is 0.672. The number of aryl methyl sites for hydroxylation is 1. The Balaban J connectivity index is 2.29. The lowest BCUT2D eigenvalue weighted by Gasteiger charge is -2.06. The third kappa shape index (κ3) is 6.97. The molecule has 0 unspecified atom stereocenters. The van der Waals surface area contributed by atoms with Crippen molar-refractivity contribution in [3.8, 4) is 0 Å². The van der Waals surface area contributed by atoms with Crippen LogP contribution in [0, 0.1) is 0 Å². The van der Waals surface area contributed by atoms with Crippen LogP contribution in [0.15, 0.2) is 24.3 Å². The molecule has 0 fully saturated rings. The number of carbonyl (C=O) groups is 1. The molecule has 1 aromatic carbocycles. The Hall–Kier alpha value is -1.35. The van der Waals surface area contributed by atoms with Crippen LogP contribution in [0.5, 0.6) is 0 Å². The van der Waals surface area contributed by atoms with Crippen LogP contribution in [0.25, 0.3) is 0 Å². The molecule has 1 amide bonds. The lowest BCUT2D eigenvalue weighted by atomic mass is 10.0. The van der Waals surface area contributed by atoms with E-state index in [1.807, 2.05) is 12.1 Å². The predicted octanol–water partition coefficient (Wildman–Crippen LogP) is 2.46. The van der Waals surface area contributed by atoms with E-state index in [0.29, 0.717) is 13.0 Å². The number of hydrogen-bond acceptors (Lipinski definition) is 2. The van der Waals surface area contributed by atoms with Gasteiger partial charge < -0.3 is 10.4 Å². The number of amides is 1. The van der Waals surface area contributed by atoms with Crippen LogP contribution in [0.1, 0.15) is 43.7 Å². The second-order valence-electron chi connectivity index (χ2n) is 4.88. The Morgan fingerprint density at radius 1 is 1.11 bits per heavy atom. The van der Waals surface area contributed by atoms with Crippen molar-refractivity contribution in [3.63, 3.8) is 0 Å². The van der Waals surface area contributed by atoms with Gasteiger partial charge in [0.25, 0.3) is 0 Å². The summed E-state index contributed by atoms with van der Waals surface area (Å²) in [7, 11) is 0. The molecule has 0 aliphatic carbocycles. The summed E-state index contributed by atoms with van der Waals surface area (Å²) < 4.78 is 0. The third-order valence-corrected chi connectivity index (χ3v) is 3.11. The zero-order valence-corrected chi connectivity index (χ0v) is 11.8. The van der Waals surface area contributed by atoms with Crippen LogP contribution < -0.4 is 5.32 Å². The van der Waals surface area contributed by atoms with Gasteiger partial charge in [-0.15, -0.1) is 0 Å². The maximum Gasteiger partial charge on any atom is 0.224 e. The minimum atomic E-state index is 0.0549. The molecule has 1 rings (SSSR count). The van der Waals surface area contributed by atoms with E-state index < -0.39 is 0 Å². The summed E-state index contributed by atoms with van der Waals surface area (Å²) in [4.78, 5) is 11.7. The smallest absolute Gasteiger partial charge is 0.224 e. The number of benzene rings is 1. The summed E-state index contributed by atoms with van der Waals surface area (Å²) in [5.41, 5.74) is 2.40. The minimum Gasteiger partial charge on any atom is -0.396 e. The molecule has 0 saturated heterocycles. The van der Waals surface area contributed by atoms with Crippen molar-refractivity contribution in [2.24, 2.45) is 0 Å². The topological polar surface area (TPSA) is 49.3 Å². The minimum absolute atomic E-state index is 0.0549. The zero-order chi connectivity index (χ0) is 13.9. The van der Waals surface area contributed by atoms with Crippen LogP contribution in [-0.2, 0) is 17.6 Å². The maximum atomic E-state index is 11.7. The third-order valence-electron chi connectivity index (χ3n) is 3.11. The number of aliphatic hydroxyl groups excluding tert-OH is 1. The van der Waals surface area contributed by atoms with Gasteiger partial charge in [0.15, 0.2) is 0 Å². The number of aliphatic hydroxyl groups is 1. The first-order valence-corrected chi connectivity index (χ1v) is 7.21. The zero-order valence-electron chi connectivity index (χ0n) is 11.8. The van der Waals surface area contributed by atoms with E-state index in [1.165, 1.54) is 18.4 Å². The number of hydrogen-bond donors (Lipinski definition) is 2. The Bertz CT molecular complexity index is 360. The first-order chi connectivity index (χ1) is 9.26. The highest BCUT2D eigenvalue weighted by atomic mass is 16.2. The molecule has 2 N–H and O–H groups in total. The molecule has 0 spiro atoms. The van der Waals surface area contributed by atoms with Crippen LogP contribution in [0.2, 0.25) is 0 Å². The summed E-state index contributed by atoms with van der Waals surface area (Å²) in [5.74, 6) is 0.0549. The van der Waals surface area contributed by atoms with Crippen molar-refractivity contribution < 1.29 is 9.90 Å². The van der Waals surface area contributed by atoms with Gasteiger partial charge in [-0.05, 0) is 36.8 Å². The molecule has 3 nitrogen and oxygen atoms in total. The molecular formula is C16H25NO2. The van der Waals surface area contributed by atoms with Gasteiger partial charge in [-0.2, -0.15) is 0 Å². The average molecular weight is 263 g/mol. The van der Waals surface area contributed by atoms with Crippen molar-refractivity contribution in [2.75, 3.05) is 13.2 Å². The van der Waals surface area contributed by atoms with Gasteiger partial charge in [-0.1, -0.05) is 37.6 Å². The van der Waals surface area contributed by atoms with E-state index in [-0.39, 0.29) is 12.5 Å². The second kappa shape index (κ2) is 9.56. The van der Waals surface area contributed by atoms with E-state index in [4.69, 9.17) is 5.11 Å². The van der Waals surface area contributed by atoms with Crippen LogP contribution in [-0.4, -0.2) is 24.2 Å². The van der Waals surface area contributed by atoms with Gasteiger partial charge >= 0.3 is 0 Å². The molecular weight excluding hydrogens is 238 g/mol. The van der Waals surface area contributed by atoms with Crippen molar-refractivity contribution >= 4 is 5.91 Å². The average Bonchev–Trinajstić information content (AvgIpc) is 2.43. The summed E-state index contributed by atoms with van der Waals surface area (Å²) in [6.45, 7) is 3.03. The normalized spacial score (nSPS) is 10.4. The van der Waals surface area contributed by atoms with Crippen molar-refractivity contribution in [2.45, 2.75) is 45.4 Å². The highest BCUT2D eigenvalue weighted by molar-refractivity contribution is 5.78. The molecule has 0 radical (unpaired) electrons. The lowest BCUT2D eigenvalue weighted by molar-refractivity contribution is -0.120. The van der Waals surface area contributed by atoms with E-state index in [1.54, 1.807) is 0 Å². The van der Waals surface area contributed by atoms with Crippen LogP contribution in [0.3, 0.4) is 0 Å². The first kappa shape index (κ1) is 15.7. The Morgan fingerprint density at radius 3 is 2.42 bits per heavy atom. The van der Waals surface area contributed by atoms with E-state index in [0.717, 1.165) is 24.8 Å². The molecule has 106 valence electrons.